The summed E-state index contributed by atoms with van der Waals surface area (Å²) in [5, 5.41) is 8.90. The molecule has 1 unspecified atom stereocenters. The summed E-state index contributed by atoms with van der Waals surface area (Å²) in [6.45, 7) is 2.69. The fourth-order valence-corrected chi connectivity index (χ4v) is 7.19. The number of carboxylic acid groups (broad SMARTS) is 1. The molecular formula is C48H86NO10P. The molecular weight excluding hydrogens is 781 g/mol. The number of esters is 2. The average molecular weight is 868 g/mol. The van der Waals surface area contributed by atoms with Crippen LogP contribution in [0.1, 0.15) is 206 Å². The SMILES string of the molecule is CC/C=C\C/C=C\C/C=C\C/C=C\CCCCCCC(=O)OC[C@H](COP(=O)(O)OC[C@H](N)C(=O)O)OC(=O)CCCCCCCCCCCCCCCCCCCCC. The normalized spacial score (nSPS) is 14.1. The standard InChI is InChI=1S/C48H86NO10P/c1-3-5-7-9-11-13-15-17-19-21-22-24-26-28-30-32-34-36-38-40-47(51)59-44(42-57-60(54,55)58-43-45(49)48(52)53)41-56-46(50)39-37-35-33-31-29-27-25-23-20-18-16-14-12-10-8-6-4-2/h6,8,12,14,18,20,25,27,44-45H,3-5,7,9-11,13,15-17,19,21-24,26,28-43,49H2,1-2H3,(H,52,53)(H,54,55)/b8-6-,14-12-,20-18-,27-25-/t44-,45+/m1/s1. The van der Waals surface area contributed by atoms with Crippen molar-refractivity contribution in [3.8, 4) is 0 Å². The largest absolute Gasteiger partial charge is 0.480 e. The second kappa shape index (κ2) is 43.1. The molecule has 4 N–H and O–H groups in total. The predicted molar refractivity (Wildman–Crippen MR) is 245 cm³/mol. The van der Waals surface area contributed by atoms with Gasteiger partial charge in [-0.25, -0.2) is 4.57 Å². The van der Waals surface area contributed by atoms with Gasteiger partial charge in [0, 0.05) is 12.8 Å². The van der Waals surface area contributed by atoms with Crippen molar-refractivity contribution in [1.82, 2.24) is 0 Å². The number of aliphatic carboxylic acids is 1. The van der Waals surface area contributed by atoms with Crippen molar-refractivity contribution in [2.45, 2.75) is 219 Å². The molecule has 12 heteroatoms. The van der Waals surface area contributed by atoms with Crippen LogP contribution >= 0.6 is 7.82 Å². The van der Waals surface area contributed by atoms with Gasteiger partial charge in [0.15, 0.2) is 6.10 Å². The van der Waals surface area contributed by atoms with Gasteiger partial charge in [-0.05, 0) is 51.4 Å². The van der Waals surface area contributed by atoms with E-state index in [9.17, 15) is 23.8 Å². The molecule has 0 aromatic carbocycles. The Morgan fingerprint density at radius 2 is 0.933 bits per heavy atom. The van der Waals surface area contributed by atoms with Gasteiger partial charge in [-0.2, -0.15) is 0 Å². The number of ether oxygens (including phenoxy) is 2. The third-order valence-corrected chi connectivity index (χ3v) is 11.0. The topological polar surface area (TPSA) is 172 Å². The summed E-state index contributed by atoms with van der Waals surface area (Å²) >= 11 is 0. The Hall–Kier alpha value is -2.56. The second-order valence-electron chi connectivity index (χ2n) is 15.9. The third kappa shape index (κ3) is 42.1. The Morgan fingerprint density at radius 3 is 1.40 bits per heavy atom. The number of rotatable bonds is 44. The molecule has 0 rings (SSSR count). The van der Waals surface area contributed by atoms with Crippen LogP contribution in [0.4, 0.5) is 0 Å². The smallest absolute Gasteiger partial charge is 0.472 e. The van der Waals surface area contributed by atoms with Crippen molar-refractivity contribution in [1.29, 1.82) is 0 Å². The summed E-state index contributed by atoms with van der Waals surface area (Å²) in [7, 11) is -4.72. The summed E-state index contributed by atoms with van der Waals surface area (Å²) in [6.07, 6.45) is 48.9. The lowest BCUT2D eigenvalue weighted by Crippen LogP contribution is -2.34. The van der Waals surface area contributed by atoms with Crippen LogP contribution in [0.25, 0.3) is 0 Å². The van der Waals surface area contributed by atoms with Crippen LogP contribution in [0.5, 0.6) is 0 Å². The van der Waals surface area contributed by atoms with Crippen LogP contribution in [0.2, 0.25) is 0 Å². The highest BCUT2D eigenvalue weighted by Gasteiger charge is 2.28. The Labute approximate surface area is 365 Å². The van der Waals surface area contributed by atoms with Crippen LogP contribution in [-0.2, 0) is 37.5 Å². The van der Waals surface area contributed by atoms with Gasteiger partial charge in [0.25, 0.3) is 0 Å². The summed E-state index contributed by atoms with van der Waals surface area (Å²) < 4.78 is 32.8. The highest BCUT2D eigenvalue weighted by atomic mass is 31.2. The Balaban J connectivity index is 4.32. The van der Waals surface area contributed by atoms with E-state index in [1.807, 2.05) is 0 Å². The lowest BCUT2D eigenvalue weighted by Gasteiger charge is -2.20. The first-order chi connectivity index (χ1) is 29.1. The molecule has 0 amide bonds. The number of hydrogen-bond acceptors (Lipinski definition) is 9. The zero-order valence-corrected chi connectivity index (χ0v) is 38.7. The van der Waals surface area contributed by atoms with E-state index in [0.29, 0.717) is 12.8 Å². The summed E-state index contributed by atoms with van der Waals surface area (Å²) in [6, 6.07) is -1.53. The molecule has 0 spiro atoms. The Bertz CT molecular complexity index is 1200. The van der Waals surface area contributed by atoms with Gasteiger partial charge in [-0.15, -0.1) is 0 Å². The van der Waals surface area contributed by atoms with Crippen molar-refractivity contribution in [3.05, 3.63) is 48.6 Å². The first-order valence-corrected chi connectivity index (χ1v) is 25.2. The van der Waals surface area contributed by atoms with Crippen LogP contribution in [0.15, 0.2) is 48.6 Å². The molecule has 0 radical (unpaired) electrons. The molecule has 0 heterocycles. The van der Waals surface area contributed by atoms with Gasteiger partial charge in [0.05, 0.1) is 13.2 Å². The molecule has 0 aromatic rings. The van der Waals surface area contributed by atoms with Crippen molar-refractivity contribution in [2.24, 2.45) is 5.73 Å². The van der Waals surface area contributed by atoms with Gasteiger partial charge < -0.3 is 25.2 Å². The third-order valence-electron chi connectivity index (χ3n) is 10.1. The number of carbonyl (C=O) groups is 3. The van der Waals surface area contributed by atoms with E-state index in [1.165, 1.54) is 96.3 Å². The van der Waals surface area contributed by atoms with Gasteiger partial charge in [0.2, 0.25) is 0 Å². The number of phosphoric ester groups is 1. The summed E-state index contributed by atoms with van der Waals surface area (Å²) in [4.78, 5) is 46.1. The molecule has 3 atom stereocenters. The summed E-state index contributed by atoms with van der Waals surface area (Å²) in [5.74, 6) is -2.40. The molecule has 0 aliphatic heterocycles. The molecule has 0 aromatic heterocycles. The minimum atomic E-state index is -4.72. The number of phosphoric acid groups is 1. The molecule has 0 aliphatic carbocycles. The molecule has 0 saturated carbocycles. The van der Waals surface area contributed by atoms with Crippen LogP contribution in [-0.4, -0.2) is 59.9 Å². The van der Waals surface area contributed by atoms with Crippen LogP contribution < -0.4 is 5.73 Å². The highest BCUT2D eigenvalue weighted by molar-refractivity contribution is 7.47. The molecule has 348 valence electrons. The lowest BCUT2D eigenvalue weighted by atomic mass is 10.0. The van der Waals surface area contributed by atoms with Crippen molar-refractivity contribution in [3.63, 3.8) is 0 Å². The maximum Gasteiger partial charge on any atom is 0.472 e. The van der Waals surface area contributed by atoms with Gasteiger partial charge in [-0.1, -0.05) is 191 Å². The van der Waals surface area contributed by atoms with E-state index in [2.05, 4.69) is 67.0 Å². The van der Waals surface area contributed by atoms with Crippen molar-refractivity contribution in [2.75, 3.05) is 19.8 Å². The van der Waals surface area contributed by atoms with Crippen molar-refractivity contribution >= 4 is 25.7 Å². The molecule has 0 saturated heterocycles. The number of unbranched alkanes of at least 4 members (excludes halogenated alkanes) is 22. The minimum absolute atomic E-state index is 0.158. The molecule has 0 bridgehead atoms. The van der Waals surface area contributed by atoms with E-state index in [1.54, 1.807) is 0 Å². The first kappa shape index (κ1) is 57.4. The maximum absolute atomic E-state index is 12.7. The second-order valence-corrected chi connectivity index (χ2v) is 17.3. The van der Waals surface area contributed by atoms with E-state index < -0.39 is 51.1 Å². The van der Waals surface area contributed by atoms with Gasteiger partial charge in [-0.3, -0.25) is 23.4 Å². The number of carbonyl (C=O) groups excluding carboxylic acids is 2. The quantitative estimate of drug-likeness (QED) is 0.0230. The van der Waals surface area contributed by atoms with E-state index in [-0.39, 0.29) is 19.4 Å². The van der Waals surface area contributed by atoms with E-state index >= 15 is 0 Å². The monoisotopic (exact) mass is 868 g/mol. The fraction of sp³-hybridized carbons (Fsp3) is 0.771. The highest BCUT2D eigenvalue weighted by Crippen LogP contribution is 2.43. The minimum Gasteiger partial charge on any atom is -0.480 e. The molecule has 0 fully saturated rings. The number of nitrogens with two attached hydrogens (primary N) is 1. The molecule has 60 heavy (non-hydrogen) atoms. The first-order valence-electron chi connectivity index (χ1n) is 23.7. The average Bonchev–Trinajstić information content (AvgIpc) is 3.22. The van der Waals surface area contributed by atoms with E-state index in [0.717, 1.165) is 70.6 Å². The zero-order valence-electron chi connectivity index (χ0n) is 37.8. The summed E-state index contributed by atoms with van der Waals surface area (Å²) in [5.41, 5.74) is 5.34. The zero-order chi connectivity index (χ0) is 44.2. The fourth-order valence-electron chi connectivity index (χ4n) is 6.41. The predicted octanol–water partition coefficient (Wildman–Crippen LogP) is 13.0. The lowest BCUT2D eigenvalue weighted by molar-refractivity contribution is -0.161. The van der Waals surface area contributed by atoms with Crippen molar-refractivity contribution < 1.29 is 47.5 Å². The number of hydrogen-bond donors (Lipinski definition) is 3. The molecule has 11 nitrogen and oxygen atoms in total. The Kier molecular flexibility index (Phi) is 41.3. The van der Waals surface area contributed by atoms with E-state index in [4.69, 9.17) is 24.8 Å². The number of carboxylic acids is 1. The van der Waals surface area contributed by atoms with Gasteiger partial charge >= 0.3 is 25.7 Å². The van der Waals surface area contributed by atoms with Crippen LogP contribution in [0, 0.1) is 0 Å². The maximum atomic E-state index is 12.7. The van der Waals surface area contributed by atoms with Crippen LogP contribution in [0.3, 0.4) is 0 Å². The Morgan fingerprint density at radius 1 is 0.533 bits per heavy atom. The molecule has 0 aliphatic rings. The van der Waals surface area contributed by atoms with Gasteiger partial charge in [0.1, 0.15) is 12.6 Å². The number of allylic oxidation sites excluding steroid dienone is 8.